The number of rotatable bonds is 8. The monoisotopic (exact) mass is 1690 g/mol. The molecule has 0 atom stereocenters. The normalized spacial score (nSPS) is 16.6. The molecule has 636 valence electrons. The molecule has 17 aromatic rings. The summed E-state index contributed by atoms with van der Waals surface area (Å²) in [5.74, 6) is 0.0979. The summed E-state index contributed by atoms with van der Waals surface area (Å²) in [6, 6.07) is 58.9. The molecule has 129 heavy (non-hydrogen) atoms. The number of fused-ring (bicyclic) bond motifs is 24. The molecule has 8 aromatic carbocycles. The van der Waals surface area contributed by atoms with Gasteiger partial charge in [0.1, 0.15) is 17.5 Å². The molecular formula is C110H100N18O. The van der Waals surface area contributed by atoms with E-state index >= 15 is 0 Å². The van der Waals surface area contributed by atoms with Crippen molar-refractivity contribution in [2.45, 2.75) is 135 Å². The molecule has 2 saturated heterocycles. The maximum absolute atomic E-state index is 13.3. The van der Waals surface area contributed by atoms with Crippen LogP contribution >= 0.6 is 0 Å². The Hall–Kier alpha value is -13.8. The first-order valence-corrected chi connectivity index (χ1v) is 46.6. The van der Waals surface area contributed by atoms with Gasteiger partial charge < -0.3 is 34.6 Å². The average Bonchev–Trinajstić information content (AvgIpc) is 1.69. The number of aromatic amines is 4. The number of nitriles is 1. The Kier molecular flexibility index (Phi) is 20.0. The SMILES string of the molecule is C1=NCc2ccc(-c3nc4ccc5[nH]c(-c6ccncc6)cc5c4c4c3CCCC4)cc21.CN1CCN(C(=O)c2cc3c(ccc4nc(-c5ccc6c(c5)C=NC6)c5c(c43)CCCC5)[nH]2)CC1.CN1CCN(Cc2cc3c(ccc4nc(-c5ccc6c(c5)C=NC6)c5c(c43)CCCC5)[nH]2)CC1.N#Cc1cc2c(ccc3[nH]c(-c4ccc5c(c4)C=NC5)c4c(c32)CCCC4)n1. The lowest BCUT2D eigenvalue weighted by Gasteiger charge is -2.32. The Morgan fingerprint density at radius 3 is 1.29 bits per heavy atom. The second-order valence-electron chi connectivity index (χ2n) is 37.1. The van der Waals surface area contributed by atoms with Crippen LogP contribution < -0.4 is 0 Å². The number of likely N-dealkylation sites (N-methyl/N-ethyl adjacent to an activating group) is 2. The maximum Gasteiger partial charge on any atom is 0.270 e. The zero-order valence-electron chi connectivity index (χ0n) is 73.2. The third kappa shape index (κ3) is 14.4. The minimum atomic E-state index is 0.0979. The van der Waals surface area contributed by atoms with Crippen molar-refractivity contribution in [3.63, 3.8) is 0 Å². The standard InChI is InChI=1S/C29H29N5O.C29H31N5.C28H22N4.C24H18N4/c1-33-10-12-34(13-11-33)29(35)26-15-23-24(31-26)8-9-25-27(23)21-4-2-3-5-22(21)28(32-25)18-6-7-19-16-30-17-20(19)14-18;1-33-10-12-34(13-11-33)18-22-15-25-26(31-22)8-9-27-28(25)23-4-2-3-5-24(23)29(32-27)19-6-7-20-16-30-17-21(20)14-19;1-2-4-22-21(3-1)27-23-14-26(17-9-11-29-12-10-17)31-24(23)7-8-25(27)32-28(22)18-5-6-19-15-30-16-20(19)13-18;25-11-17-10-20-21(27-17)7-8-22-23(20)18-3-1-2-4-19(18)24(28-22)14-5-6-15-12-26-13-16(15)9-14/h6-9,14-15,17,31H,2-5,10-13,16H2,1H3;6-9,14-15,17,31H,2-5,10-13,16,18H2,1H3;5-14,16,31H,1-4,15H2;5-10,13,28H,1-4,12H2. The molecule has 6 aliphatic heterocycles. The lowest BCUT2D eigenvalue weighted by Crippen LogP contribution is -2.47. The van der Waals surface area contributed by atoms with Crippen molar-refractivity contribution in [1.29, 1.82) is 5.26 Å². The highest BCUT2D eigenvalue weighted by atomic mass is 16.2. The summed E-state index contributed by atoms with van der Waals surface area (Å²) in [4.78, 5) is 79.1. The number of hydrogen-bond donors (Lipinski definition) is 4. The zero-order chi connectivity index (χ0) is 85.9. The van der Waals surface area contributed by atoms with E-state index in [1.807, 2.05) is 54.3 Å². The van der Waals surface area contributed by atoms with Crippen LogP contribution in [0.2, 0.25) is 0 Å². The molecule has 27 rings (SSSR count). The van der Waals surface area contributed by atoms with E-state index in [9.17, 15) is 10.1 Å². The van der Waals surface area contributed by atoms with Gasteiger partial charge in [-0.1, -0.05) is 48.5 Å². The van der Waals surface area contributed by atoms with E-state index in [1.54, 1.807) is 0 Å². The smallest absolute Gasteiger partial charge is 0.270 e. The van der Waals surface area contributed by atoms with Gasteiger partial charge in [-0.2, -0.15) is 5.26 Å². The Labute approximate surface area is 748 Å². The number of carbonyl (C=O) groups excluding carboxylic acids is 1. The molecule has 4 aliphatic carbocycles. The zero-order valence-corrected chi connectivity index (χ0v) is 73.2. The predicted octanol–water partition coefficient (Wildman–Crippen LogP) is 20.8. The van der Waals surface area contributed by atoms with Crippen molar-refractivity contribution in [3.8, 4) is 62.4 Å². The van der Waals surface area contributed by atoms with E-state index in [0.717, 1.165) is 203 Å². The highest BCUT2D eigenvalue weighted by molar-refractivity contribution is 6.14. The molecule has 0 radical (unpaired) electrons. The van der Waals surface area contributed by atoms with Crippen molar-refractivity contribution in [2.75, 3.05) is 66.5 Å². The third-order valence-corrected chi connectivity index (χ3v) is 29.1. The van der Waals surface area contributed by atoms with Crippen LogP contribution in [-0.4, -0.2) is 162 Å². The fourth-order valence-corrected chi connectivity index (χ4v) is 22.3. The van der Waals surface area contributed by atoms with Crippen molar-refractivity contribution in [3.05, 3.63) is 276 Å². The number of H-pyrrole nitrogens is 4. The van der Waals surface area contributed by atoms with E-state index in [-0.39, 0.29) is 5.91 Å². The van der Waals surface area contributed by atoms with E-state index in [1.165, 1.54) is 223 Å². The first kappa shape index (κ1) is 78.7. The second kappa shape index (κ2) is 32.8. The van der Waals surface area contributed by atoms with Gasteiger partial charge in [-0.15, -0.1) is 0 Å². The fourth-order valence-electron chi connectivity index (χ4n) is 22.3. The molecule has 15 heterocycles. The molecular weight excluding hydrogens is 1590 g/mol. The third-order valence-electron chi connectivity index (χ3n) is 29.1. The van der Waals surface area contributed by atoms with Crippen molar-refractivity contribution in [2.24, 2.45) is 20.0 Å². The number of aliphatic imine (C=N–C) groups is 4. The van der Waals surface area contributed by atoms with Gasteiger partial charge in [0, 0.05) is 201 Å². The molecule has 19 nitrogen and oxygen atoms in total. The lowest BCUT2D eigenvalue weighted by atomic mass is 9.85. The van der Waals surface area contributed by atoms with Crippen molar-refractivity contribution < 1.29 is 4.79 Å². The number of aryl methyl sites for hydroxylation is 4. The van der Waals surface area contributed by atoms with Gasteiger partial charge in [0.05, 0.1) is 65.3 Å². The fraction of sp³-hybridized carbons (Fsp3) is 0.282. The summed E-state index contributed by atoms with van der Waals surface area (Å²) in [6.07, 6.45) is 30.2. The highest BCUT2D eigenvalue weighted by Gasteiger charge is 2.31. The van der Waals surface area contributed by atoms with Crippen LogP contribution in [0, 0.1) is 11.3 Å². The molecule has 0 unspecified atom stereocenters. The molecule has 4 N–H and O–H groups in total. The second-order valence-corrected chi connectivity index (χ2v) is 37.1. The van der Waals surface area contributed by atoms with Gasteiger partial charge >= 0.3 is 0 Å². The minimum Gasteiger partial charge on any atom is -0.357 e. The van der Waals surface area contributed by atoms with Crippen LogP contribution in [-0.2, 0) is 84.1 Å². The largest absolute Gasteiger partial charge is 0.357 e. The highest BCUT2D eigenvalue weighted by Crippen LogP contribution is 2.46. The molecule has 0 saturated carbocycles. The molecule has 0 spiro atoms. The summed E-state index contributed by atoms with van der Waals surface area (Å²) in [6.45, 7) is 12.1. The van der Waals surface area contributed by atoms with Crippen molar-refractivity contribution >= 4 is 118 Å². The molecule has 2 fully saturated rings. The van der Waals surface area contributed by atoms with E-state index in [0.29, 0.717) is 11.4 Å². The lowest BCUT2D eigenvalue weighted by molar-refractivity contribution is 0.0659. The molecule has 19 heteroatoms. The first-order valence-electron chi connectivity index (χ1n) is 46.6. The van der Waals surface area contributed by atoms with Crippen LogP contribution in [0.15, 0.2) is 190 Å². The molecule has 10 aliphatic rings. The number of carbonyl (C=O) groups is 1. The Morgan fingerprint density at radius 1 is 0.364 bits per heavy atom. The number of nitrogens with one attached hydrogen (secondary N) is 4. The number of pyridine rings is 5. The Morgan fingerprint density at radius 2 is 0.783 bits per heavy atom. The van der Waals surface area contributed by atoms with Gasteiger partial charge in [0.2, 0.25) is 0 Å². The first-order chi connectivity index (χ1) is 63.5. The van der Waals surface area contributed by atoms with Gasteiger partial charge in [-0.3, -0.25) is 34.6 Å². The summed E-state index contributed by atoms with van der Waals surface area (Å²) in [7, 11) is 4.32. The Bertz CT molecular complexity index is 7660. The summed E-state index contributed by atoms with van der Waals surface area (Å²) in [5, 5.41) is 19.3. The number of benzene rings is 8. The average molecular weight is 1690 g/mol. The van der Waals surface area contributed by atoms with Gasteiger partial charge in [0.25, 0.3) is 5.91 Å². The number of amides is 1. The predicted molar refractivity (Wildman–Crippen MR) is 522 cm³/mol. The Balaban J connectivity index is 0.0000000958. The molecule has 1 amide bonds. The molecule has 0 bridgehead atoms. The summed E-state index contributed by atoms with van der Waals surface area (Å²) >= 11 is 0. The van der Waals surface area contributed by atoms with Gasteiger partial charge in [-0.05, 0) is 321 Å². The summed E-state index contributed by atoms with van der Waals surface area (Å²) in [5.41, 5.74) is 44.6. The molecule has 9 aromatic heterocycles. The topological polar surface area (TPSA) is 231 Å². The van der Waals surface area contributed by atoms with Crippen LogP contribution in [0.5, 0.6) is 0 Å². The summed E-state index contributed by atoms with van der Waals surface area (Å²) < 4.78 is 0. The number of nitrogens with zero attached hydrogens (tertiary/aromatic N) is 14. The van der Waals surface area contributed by atoms with Gasteiger partial charge in [-0.25, -0.2) is 19.9 Å². The van der Waals surface area contributed by atoms with Crippen LogP contribution in [0.4, 0.5) is 0 Å². The number of aromatic nitrogens is 9. The number of piperazine rings is 2. The maximum atomic E-state index is 13.3. The quantitative estimate of drug-likeness (QED) is 0.112. The minimum absolute atomic E-state index is 0.0979. The van der Waals surface area contributed by atoms with E-state index in [2.05, 4.69) is 230 Å². The van der Waals surface area contributed by atoms with Crippen molar-refractivity contribution in [1.82, 2.24) is 64.5 Å². The van der Waals surface area contributed by atoms with E-state index < -0.39 is 0 Å². The van der Waals surface area contributed by atoms with Gasteiger partial charge in [0.15, 0.2) is 0 Å². The van der Waals surface area contributed by atoms with Crippen LogP contribution in [0.1, 0.15) is 162 Å². The van der Waals surface area contributed by atoms with Crippen LogP contribution in [0.25, 0.3) is 144 Å². The van der Waals surface area contributed by atoms with Crippen LogP contribution in [0.3, 0.4) is 0 Å². The number of hydrogen-bond acceptors (Lipinski definition) is 14. The van der Waals surface area contributed by atoms with E-state index in [4.69, 9.17) is 15.0 Å².